The lowest BCUT2D eigenvalue weighted by molar-refractivity contribution is 0.990. The van der Waals surface area contributed by atoms with Gasteiger partial charge in [0.1, 0.15) is 5.01 Å². The number of halogens is 1. The van der Waals surface area contributed by atoms with Crippen molar-refractivity contribution in [3.63, 3.8) is 0 Å². The van der Waals surface area contributed by atoms with Gasteiger partial charge in [-0.25, -0.2) is 0 Å². The third-order valence-corrected chi connectivity index (χ3v) is 2.65. The Morgan fingerprint density at radius 3 is 2.90 bits per heavy atom. The summed E-state index contributed by atoms with van der Waals surface area (Å²) in [5.41, 5.74) is 0. The van der Waals surface area contributed by atoms with E-state index in [1.54, 1.807) is 11.8 Å². The Hall–Kier alpha value is 0.200. The van der Waals surface area contributed by atoms with Crippen LogP contribution < -0.4 is 0 Å². The summed E-state index contributed by atoms with van der Waals surface area (Å²) in [5.74, 6) is 1.09. The van der Waals surface area contributed by atoms with E-state index >= 15 is 0 Å². The number of hydrogen-bond acceptors (Lipinski definition) is 4. The summed E-state index contributed by atoms with van der Waals surface area (Å²) in [6, 6.07) is 0. The SMILES string of the molecule is CSCCc1nnc(Cl)s1. The van der Waals surface area contributed by atoms with Crippen LogP contribution in [-0.4, -0.2) is 22.2 Å². The highest BCUT2D eigenvalue weighted by atomic mass is 35.5. The van der Waals surface area contributed by atoms with Crippen LogP contribution in [0.25, 0.3) is 0 Å². The van der Waals surface area contributed by atoms with E-state index in [-0.39, 0.29) is 0 Å². The smallest absolute Gasteiger partial charge is 0.165 e. The summed E-state index contributed by atoms with van der Waals surface area (Å²) in [4.78, 5) is 0. The highest BCUT2D eigenvalue weighted by molar-refractivity contribution is 7.98. The van der Waals surface area contributed by atoms with Gasteiger partial charge >= 0.3 is 0 Å². The van der Waals surface area contributed by atoms with Gasteiger partial charge in [-0.05, 0) is 23.6 Å². The first kappa shape index (κ1) is 8.30. The summed E-state index contributed by atoms with van der Waals surface area (Å²) in [7, 11) is 0. The van der Waals surface area contributed by atoms with Crippen LogP contribution in [-0.2, 0) is 6.42 Å². The number of aryl methyl sites for hydroxylation is 1. The lowest BCUT2D eigenvalue weighted by atomic mass is 10.5. The lowest BCUT2D eigenvalue weighted by Crippen LogP contribution is -1.85. The first-order valence-electron chi connectivity index (χ1n) is 2.79. The molecule has 0 aromatic carbocycles. The van der Waals surface area contributed by atoms with Gasteiger partial charge in [0.05, 0.1) is 0 Å². The molecule has 0 saturated heterocycles. The largest absolute Gasteiger partial charge is 0.207 e. The molecular weight excluding hydrogens is 188 g/mol. The molecule has 0 spiro atoms. The molecule has 0 atom stereocenters. The van der Waals surface area contributed by atoms with Gasteiger partial charge in [0.25, 0.3) is 0 Å². The average Bonchev–Trinajstić information content (AvgIpc) is 2.31. The Balaban J connectivity index is 2.42. The predicted molar refractivity (Wildman–Crippen MR) is 47.0 cm³/mol. The molecule has 0 amide bonds. The molecule has 0 bridgehead atoms. The first-order chi connectivity index (χ1) is 4.83. The highest BCUT2D eigenvalue weighted by Crippen LogP contribution is 2.15. The number of hydrogen-bond donors (Lipinski definition) is 0. The van der Waals surface area contributed by atoms with Crippen LogP contribution in [0.1, 0.15) is 5.01 Å². The van der Waals surface area contributed by atoms with Crippen molar-refractivity contribution in [2.24, 2.45) is 0 Å². The Morgan fingerprint density at radius 1 is 1.60 bits per heavy atom. The molecule has 0 fully saturated rings. The third kappa shape index (κ3) is 2.44. The summed E-state index contributed by atoms with van der Waals surface area (Å²) in [6.07, 6.45) is 3.05. The van der Waals surface area contributed by atoms with Crippen molar-refractivity contribution in [1.29, 1.82) is 0 Å². The minimum absolute atomic E-state index is 0.538. The van der Waals surface area contributed by atoms with Gasteiger partial charge in [0.15, 0.2) is 0 Å². The molecule has 1 heterocycles. The molecule has 0 N–H and O–H groups in total. The van der Waals surface area contributed by atoms with Crippen LogP contribution in [0.15, 0.2) is 0 Å². The summed E-state index contributed by atoms with van der Waals surface area (Å²) >= 11 is 8.84. The van der Waals surface area contributed by atoms with Crippen molar-refractivity contribution in [2.75, 3.05) is 12.0 Å². The van der Waals surface area contributed by atoms with Gasteiger partial charge in [-0.2, -0.15) is 11.8 Å². The maximum atomic E-state index is 5.58. The van der Waals surface area contributed by atoms with Gasteiger partial charge in [-0.3, -0.25) is 0 Å². The maximum absolute atomic E-state index is 5.58. The van der Waals surface area contributed by atoms with E-state index in [1.807, 2.05) is 0 Å². The number of aromatic nitrogens is 2. The predicted octanol–water partition coefficient (Wildman–Crippen LogP) is 2.10. The van der Waals surface area contributed by atoms with E-state index in [9.17, 15) is 0 Å². The fourth-order valence-electron chi connectivity index (χ4n) is 0.524. The molecule has 56 valence electrons. The molecule has 1 aromatic rings. The molecular formula is C5H7ClN2S2. The summed E-state index contributed by atoms with van der Waals surface area (Å²) < 4.78 is 0.538. The zero-order chi connectivity index (χ0) is 7.40. The Bertz CT molecular complexity index is 201. The lowest BCUT2D eigenvalue weighted by Gasteiger charge is -1.88. The second-order valence-corrected chi connectivity index (χ2v) is 4.32. The van der Waals surface area contributed by atoms with Crippen molar-refractivity contribution < 1.29 is 0 Å². The third-order valence-electron chi connectivity index (χ3n) is 0.962. The Morgan fingerprint density at radius 2 is 2.40 bits per heavy atom. The van der Waals surface area contributed by atoms with Crippen LogP contribution in [0.5, 0.6) is 0 Å². The van der Waals surface area contributed by atoms with E-state index in [4.69, 9.17) is 11.6 Å². The number of nitrogens with zero attached hydrogens (tertiary/aromatic N) is 2. The molecule has 1 rings (SSSR count). The molecule has 0 aliphatic rings. The van der Waals surface area contributed by atoms with Crippen molar-refractivity contribution >= 4 is 34.7 Å². The zero-order valence-electron chi connectivity index (χ0n) is 5.50. The van der Waals surface area contributed by atoms with Crippen molar-refractivity contribution in [3.8, 4) is 0 Å². The molecule has 10 heavy (non-hydrogen) atoms. The Labute approximate surface area is 73.0 Å². The van der Waals surface area contributed by atoms with Crippen LogP contribution in [0.4, 0.5) is 0 Å². The van der Waals surface area contributed by atoms with E-state index in [0.717, 1.165) is 17.2 Å². The molecule has 0 saturated carbocycles. The Kier molecular flexibility index (Phi) is 3.45. The topological polar surface area (TPSA) is 25.8 Å². The second kappa shape index (κ2) is 4.16. The number of rotatable bonds is 3. The molecule has 1 aromatic heterocycles. The molecule has 0 unspecified atom stereocenters. The van der Waals surface area contributed by atoms with E-state index < -0.39 is 0 Å². The molecule has 0 aliphatic carbocycles. The monoisotopic (exact) mass is 194 g/mol. The van der Waals surface area contributed by atoms with Gasteiger partial charge in [-0.15, -0.1) is 10.2 Å². The van der Waals surface area contributed by atoms with Gasteiger partial charge in [0.2, 0.25) is 4.47 Å². The summed E-state index contributed by atoms with van der Waals surface area (Å²) in [5, 5.41) is 8.60. The van der Waals surface area contributed by atoms with Crippen LogP contribution in [0.2, 0.25) is 4.47 Å². The fourth-order valence-corrected chi connectivity index (χ4v) is 1.92. The minimum atomic E-state index is 0.538. The normalized spacial score (nSPS) is 10.2. The quantitative estimate of drug-likeness (QED) is 0.737. The highest BCUT2D eigenvalue weighted by Gasteiger charge is 1.99. The van der Waals surface area contributed by atoms with Crippen molar-refractivity contribution in [3.05, 3.63) is 9.47 Å². The van der Waals surface area contributed by atoms with Crippen molar-refractivity contribution in [2.45, 2.75) is 6.42 Å². The van der Waals surface area contributed by atoms with Crippen LogP contribution >= 0.6 is 34.7 Å². The van der Waals surface area contributed by atoms with E-state index in [2.05, 4.69) is 16.5 Å². The summed E-state index contributed by atoms with van der Waals surface area (Å²) in [6.45, 7) is 0. The first-order valence-corrected chi connectivity index (χ1v) is 5.38. The van der Waals surface area contributed by atoms with Gasteiger partial charge in [0, 0.05) is 6.42 Å². The molecule has 0 radical (unpaired) electrons. The van der Waals surface area contributed by atoms with Gasteiger partial charge in [-0.1, -0.05) is 11.3 Å². The standard InChI is InChI=1S/C5H7ClN2S2/c1-9-3-2-4-7-8-5(6)10-4/h2-3H2,1H3. The minimum Gasteiger partial charge on any atom is -0.165 e. The van der Waals surface area contributed by atoms with Crippen LogP contribution in [0, 0.1) is 0 Å². The maximum Gasteiger partial charge on any atom is 0.207 e. The second-order valence-electron chi connectivity index (χ2n) is 1.69. The zero-order valence-corrected chi connectivity index (χ0v) is 7.89. The fraction of sp³-hybridized carbons (Fsp3) is 0.600. The average molecular weight is 195 g/mol. The van der Waals surface area contributed by atoms with E-state index in [0.29, 0.717) is 4.47 Å². The molecule has 5 heteroatoms. The molecule has 0 aliphatic heterocycles. The van der Waals surface area contributed by atoms with Gasteiger partial charge < -0.3 is 0 Å². The van der Waals surface area contributed by atoms with Crippen LogP contribution in [0.3, 0.4) is 0 Å². The molecule has 2 nitrogen and oxygen atoms in total. The number of thioether (sulfide) groups is 1. The van der Waals surface area contributed by atoms with Crippen molar-refractivity contribution in [1.82, 2.24) is 10.2 Å². The van der Waals surface area contributed by atoms with E-state index in [1.165, 1.54) is 11.3 Å².